The second kappa shape index (κ2) is 5.64. The van der Waals surface area contributed by atoms with Gasteiger partial charge in [-0.3, -0.25) is 4.68 Å². The number of fused-ring (bicyclic) bond motifs is 1. The van der Waals surface area contributed by atoms with Gasteiger partial charge >= 0.3 is 0 Å². The first-order valence-corrected chi connectivity index (χ1v) is 7.87. The number of nitrogens with zero attached hydrogens (tertiary/aromatic N) is 2. The van der Waals surface area contributed by atoms with Crippen molar-refractivity contribution in [3.05, 3.63) is 51.8 Å². The molecular weight excluding hydrogens is 258 g/mol. The van der Waals surface area contributed by atoms with Gasteiger partial charge in [0.1, 0.15) is 0 Å². The van der Waals surface area contributed by atoms with Gasteiger partial charge in [-0.15, -0.1) is 0 Å². The molecule has 1 atom stereocenters. The number of benzene rings is 1. The average molecular weight is 283 g/mol. The van der Waals surface area contributed by atoms with E-state index in [0.717, 1.165) is 13.0 Å². The van der Waals surface area contributed by atoms with E-state index < -0.39 is 0 Å². The minimum Gasteiger partial charge on any atom is -0.306 e. The Morgan fingerprint density at radius 1 is 1.24 bits per heavy atom. The van der Waals surface area contributed by atoms with Crippen LogP contribution in [0.1, 0.15) is 52.4 Å². The fourth-order valence-corrected chi connectivity index (χ4v) is 3.63. The van der Waals surface area contributed by atoms with Crippen molar-refractivity contribution in [3.8, 4) is 0 Å². The summed E-state index contributed by atoms with van der Waals surface area (Å²) in [4.78, 5) is 0. The summed E-state index contributed by atoms with van der Waals surface area (Å²) in [6.45, 7) is 7.54. The average Bonchev–Trinajstić information content (AvgIpc) is 2.80. The SMILES string of the molecule is Cc1cc(C)c(CNC2CCCc3c2cnn3C)c(C)c1. The second-order valence-corrected chi connectivity index (χ2v) is 6.37. The lowest BCUT2D eigenvalue weighted by Crippen LogP contribution is -2.25. The van der Waals surface area contributed by atoms with Crippen LogP contribution in [0.25, 0.3) is 0 Å². The predicted octanol–water partition coefficient (Wildman–Crippen LogP) is 3.51. The Morgan fingerprint density at radius 2 is 1.95 bits per heavy atom. The van der Waals surface area contributed by atoms with Crippen LogP contribution in [0.2, 0.25) is 0 Å². The lowest BCUT2D eigenvalue weighted by Gasteiger charge is -2.25. The largest absolute Gasteiger partial charge is 0.306 e. The predicted molar refractivity (Wildman–Crippen MR) is 86.4 cm³/mol. The van der Waals surface area contributed by atoms with Crippen LogP contribution in [0.5, 0.6) is 0 Å². The van der Waals surface area contributed by atoms with Gasteiger partial charge in [-0.1, -0.05) is 17.7 Å². The second-order valence-electron chi connectivity index (χ2n) is 6.37. The fraction of sp³-hybridized carbons (Fsp3) is 0.500. The van der Waals surface area contributed by atoms with E-state index in [1.165, 1.54) is 46.4 Å². The molecule has 1 heterocycles. The van der Waals surface area contributed by atoms with Crippen molar-refractivity contribution >= 4 is 0 Å². The summed E-state index contributed by atoms with van der Waals surface area (Å²) >= 11 is 0. The zero-order valence-electron chi connectivity index (χ0n) is 13.5. The quantitative estimate of drug-likeness (QED) is 0.934. The van der Waals surface area contributed by atoms with Gasteiger partial charge in [0, 0.05) is 30.9 Å². The van der Waals surface area contributed by atoms with Crippen molar-refractivity contribution in [2.24, 2.45) is 7.05 Å². The molecule has 2 aromatic rings. The summed E-state index contributed by atoms with van der Waals surface area (Å²) in [5, 5.41) is 8.18. The monoisotopic (exact) mass is 283 g/mol. The molecule has 21 heavy (non-hydrogen) atoms. The summed E-state index contributed by atoms with van der Waals surface area (Å²) in [7, 11) is 2.05. The van der Waals surface area contributed by atoms with Crippen molar-refractivity contribution in [1.29, 1.82) is 0 Å². The van der Waals surface area contributed by atoms with Crippen LogP contribution in [0, 0.1) is 20.8 Å². The summed E-state index contributed by atoms with van der Waals surface area (Å²) in [5.41, 5.74) is 8.37. The Morgan fingerprint density at radius 3 is 2.67 bits per heavy atom. The van der Waals surface area contributed by atoms with Gasteiger partial charge in [-0.2, -0.15) is 5.10 Å². The molecule has 0 bridgehead atoms. The molecule has 0 saturated heterocycles. The summed E-state index contributed by atoms with van der Waals surface area (Å²) in [6, 6.07) is 5.00. The van der Waals surface area contributed by atoms with Gasteiger partial charge in [0.05, 0.1) is 6.20 Å². The molecule has 112 valence electrons. The van der Waals surface area contributed by atoms with Gasteiger partial charge in [0.15, 0.2) is 0 Å². The van der Waals surface area contributed by atoms with Crippen LogP contribution in [0.3, 0.4) is 0 Å². The Balaban J connectivity index is 1.77. The van der Waals surface area contributed by atoms with Crippen LogP contribution in [0.4, 0.5) is 0 Å². The van der Waals surface area contributed by atoms with Crippen molar-refractivity contribution in [2.75, 3.05) is 0 Å². The third kappa shape index (κ3) is 2.75. The third-order valence-corrected chi connectivity index (χ3v) is 4.74. The Bertz CT molecular complexity index is 631. The molecule has 3 nitrogen and oxygen atoms in total. The highest BCUT2D eigenvalue weighted by Crippen LogP contribution is 2.29. The van der Waals surface area contributed by atoms with Crippen molar-refractivity contribution in [1.82, 2.24) is 15.1 Å². The molecule has 1 aromatic heterocycles. The minimum absolute atomic E-state index is 0.447. The topological polar surface area (TPSA) is 29.9 Å². The molecule has 0 spiro atoms. The van der Waals surface area contributed by atoms with E-state index >= 15 is 0 Å². The molecule has 0 saturated carbocycles. The smallest absolute Gasteiger partial charge is 0.0540 e. The van der Waals surface area contributed by atoms with Gasteiger partial charge in [-0.25, -0.2) is 0 Å². The zero-order chi connectivity index (χ0) is 15.0. The molecule has 0 amide bonds. The summed E-state index contributed by atoms with van der Waals surface area (Å²) < 4.78 is 2.03. The molecule has 1 unspecified atom stereocenters. The molecule has 1 N–H and O–H groups in total. The maximum atomic E-state index is 4.43. The molecule has 3 rings (SSSR count). The third-order valence-electron chi connectivity index (χ3n) is 4.74. The minimum atomic E-state index is 0.447. The van der Waals surface area contributed by atoms with Crippen LogP contribution in [0.15, 0.2) is 18.3 Å². The molecule has 3 heteroatoms. The van der Waals surface area contributed by atoms with Crippen LogP contribution in [-0.2, 0) is 20.0 Å². The fourth-order valence-electron chi connectivity index (χ4n) is 3.63. The maximum Gasteiger partial charge on any atom is 0.0540 e. The Labute approximate surface area is 127 Å². The van der Waals surface area contributed by atoms with Crippen LogP contribution >= 0.6 is 0 Å². The van der Waals surface area contributed by atoms with E-state index in [4.69, 9.17) is 0 Å². The van der Waals surface area contributed by atoms with E-state index in [0.29, 0.717) is 6.04 Å². The molecule has 0 fully saturated rings. The van der Waals surface area contributed by atoms with Gasteiger partial charge in [0.25, 0.3) is 0 Å². The number of rotatable bonds is 3. The van der Waals surface area contributed by atoms with E-state index in [1.807, 2.05) is 10.9 Å². The molecule has 0 aliphatic heterocycles. The zero-order valence-corrected chi connectivity index (χ0v) is 13.5. The molecular formula is C18H25N3. The first-order valence-electron chi connectivity index (χ1n) is 7.87. The molecule has 0 radical (unpaired) electrons. The highest BCUT2D eigenvalue weighted by atomic mass is 15.3. The van der Waals surface area contributed by atoms with E-state index in [-0.39, 0.29) is 0 Å². The first-order chi connectivity index (χ1) is 10.1. The van der Waals surface area contributed by atoms with Gasteiger partial charge in [-0.05, 0) is 56.7 Å². The normalized spacial score (nSPS) is 17.8. The molecule has 1 aliphatic carbocycles. The number of aromatic nitrogens is 2. The highest BCUT2D eigenvalue weighted by molar-refractivity contribution is 5.37. The van der Waals surface area contributed by atoms with Crippen LogP contribution < -0.4 is 5.32 Å². The first kappa shape index (κ1) is 14.3. The Kier molecular flexibility index (Phi) is 3.85. The maximum absolute atomic E-state index is 4.43. The summed E-state index contributed by atoms with van der Waals surface area (Å²) in [5.74, 6) is 0. The van der Waals surface area contributed by atoms with Crippen molar-refractivity contribution in [2.45, 2.75) is 52.6 Å². The van der Waals surface area contributed by atoms with E-state index in [2.05, 4.69) is 50.4 Å². The highest BCUT2D eigenvalue weighted by Gasteiger charge is 2.23. The molecule has 1 aliphatic rings. The number of hydrogen-bond donors (Lipinski definition) is 1. The van der Waals surface area contributed by atoms with Gasteiger partial charge < -0.3 is 5.32 Å². The molecule has 1 aromatic carbocycles. The number of nitrogens with one attached hydrogen (secondary N) is 1. The van der Waals surface area contributed by atoms with Crippen LogP contribution in [-0.4, -0.2) is 9.78 Å². The van der Waals surface area contributed by atoms with E-state index in [9.17, 15) is 0 Å². The number of aryl methyl sites for hydroxylation is 4. The summed E-state index contributed by atoms with van der Waals surface area (Å²) in [6.07, 6.45) is 5.66. The lowest BCUT2D eigenvalue weighted by atomic mass is 9.92. The standard InChI is InChI=1S/C18H25N3/c1-12-8-13(2)15(14(3)9-12)10-19-17-6-5-7-18-16(17)11-20-21(18)4/h8-9,11,17,19H,5-7,10H2,1-4H3. The number of hydrogen-bond acceptors (Lipinski definition) is 2. The van der Waals surface area contributed by atoms with Gasteiger partial charge in [0.2, 0.25) is 0 Å². The van der Waals surface area contributed by atoms with E-state index in [1.54, 1.807) is 0 Å². The lowest BCUT2D eigenvalue weighted by molar-refractivity contribution is 0.451. The van der Waals surface area contributed by atoms with Crippen molar-refractivity contribution in [3.63, 3.8) is 0 Å². The Hall–Kier alpha value is -1.61. The van der Waals surface area contributed by atoms with Crippen molar-refractivity contribution < 1.29 is 0 Å².